The third-order valence-electron chi connectivity index (χ3n) is 1.73. The van der Waals surface area contributed by atoms with Gasteiger partial charge in [0.25, 0.3) is 0 Å². The fourth-order valence-corrected chi connectivity index (χ4v) is 0.999. The first-order valence-electron chi connectivity index (χ1n) is 4.38. The first kappa shape index (κ1) is 12.4. The summed E-state index contributed by atoms with van der Waals surface area (Å²) in [5, 5.41) is 8.93. The number of carbonyl (C=O) groups is 1. The van der Waals surface area contributed by atoms with Crippen LogP contribution < -0.4 is 0 Å². The van der Waals surface area contributed by atoms with Crippen LogP contribution in [0, 0.1) is 0 Å². The lowest BCUT2D eigenvalue weighted by Crippen LogP contribution is -2.21. The highest BCUT2D eigenvalue weighted by molar-refractivity contribution is 5.72. The molecule has 0 radical (unpaired) electrons. The van der Waals surface area contributed by atoms with Crippen LogP contribution in [0.4, 0.5) is 13.2 Å². The van der Waals surface area contributed by atoms with Gasteiger partial charge in [0.05, 0.1) is 6.42 Å². The van der Waals surface area contributed by atoms with E-state index in [0.29, 0.717) is 5.56 Å². The van der Waals surface area contributed by atoms with Crippen LogP contribution in [-0.4, -0.2) is 23.9 Å². The molecule has 1 aromatic carbocycles. The summed E-state index contributed by atoms with van der Waals surface area (Å²) in [5.74, 6) is -1.08. The van der Waals surface area contributed by atoms with Gasteiger partial charge in [0.15, 0.2) is 0 Å². The summed E-state index contributed by atoms with van der Waals surface area (Å²) in [6.45, 7) is 0. The Morgan fingerprint density at radius 1 is 1.25 bits per heavy atom. The van der Waals surface area contributed by atoms with Gasteiger partial charge in [-0.3, -0.25) is 4.79 Å². The van der Waals surface area contributed by atoms with Crippen molar-refractivity contribution < 1.29 is 27.8 Å². The first-order chi connectivity index (χ1) is 7.49. The molecule has 6 heteroatoms. The van der Waals surface area contributed by atoms with E-state index in [1.165, 1.54) is 24.3 Å². The molecule has 0 heterocycles. The number of aromatic hydroxyl groups is 1. The van der Waals surface area contributed by atoms with E-state index >= 15 is 0 Å². The van der Waals surface area contributed by atoms with Crippen LogP contribution in [0.25, 0.3) is 0 Å². The van der Waals surface area contributed by atoms with Crippen molar-refractivity contribution in [1.82, 2.24) is 0 Å². The topological polar surface area (TPSA) is 46.5 Å². The zero-order chi connectivity index (χ0) is 12.1. The van der Waals surface area contributed by atoms with Crippen molar-refractivity contribution in [1.29, 1.82) is 0 Å². The SMILES string of the molecule is O=C(Cc1ccc(O)cc1)OC(F)C(F)F. The molecule has 0 amide bonds. The molecule has 1 unspecified atom stereocenters. The van der Waals surface area contributed by atoms with Crippen LogP contribution in [0.2, 0.25) is 0 Å². The molecule has 0 saturated heterocycles. The summed E-state index contributed by atoms with van der Waals surface area (Å²) >= 11 is 0. The van der Waals surface area contributed by atoms with Crippen LogP contribution >= 0.6 is 0 Å². The van der Waals surface area contributed by atoms with Crippen LogP contribution in [0.5, 0.6) is 5.75 Å². The van der Waals surface area contributed by atoms with E-state index in [4.69, 9.17) is 5.11 Å². The van der Waals surface area contributed by atoms with E-state index in [1.807, 2.05) is 0 Å². The van der Waals surface area contributed by atoms with Crippen molar-refractivity contribution in [2.75, 3.05) is 0 Å². The van der Waals surface area contributed by atoms with Crippen LogP contribution in [0.1, 0.15) is 5.56 Å². The van der Waals surface area contributed by atoms with Gasteiger partial charge in [-0.15, -0.1) is 0 Å². The third-order valence-corrected chi connectivity index (χ3v) is 1.73. The van der Waals surface area contributed by atoms with Gasteiger partial charge in [-0.1, -0.05) is 12.1 Å². The lowest BCUT2D eigenvalue weighted by atomic mass is 10.1. The standard InChI is InChI=1S/C10H9F3O3/c11-9(12)10(13)16-8(15)5-6-1-3-7(14)4-2-6/h1-4,9-10,14H,5H2. The fourth-order valence-electron chi connectivity index (χ4n) is 0.999. The maximum Gasteiger partial charge on any atom is 0.312 e. The molecule has 0 spiro atoms. The molecular weight excluding hydrogens is 225 g/mol. The number of alkyl halides is 3. The smallest absolute Gasteiger partial charge is 0.312 e. The van der Waals surface area contributed by atoms with Crippen LogP contribution in [0.15, 0.2) is 24.3 Å². The maximum absolute atomic E-state index is 12.3. The first-order valence-corrected chi connectivity index (χ1v) is 4.38. The molecule has 0 bridgehead atoms. The molecule has 1 aromatic rings. The Labute approximate surface area is 89.5 Å². The van der Waals surface area contributed by atoms with Crippen molar-refractivity contribution in [3.63, 3.8) is 0 Å². The zero-order valence-corrected chi connectivity index (χ0v) is 8.07. The number of hydrogen-bond acceptors (Lipinski definition) is 3. The number of rotatable bonds is 4. The Morgan fingerprint density at radius 2 is 1.81 bits per heavy atom. The monoisotopic (exact) mass is 234 g/mol. The molecule has 1 atom stereocenters. The van der Waals surface area contributed by atoms with Gasteiger partial charge in [0.2, 0.25) is 0 Å². The highest BCUT2D eigenvalue weighted by Crippen LogP contribution is 2.12. The van der Waals surface area contributed by atoms with Crippen molar-refractivity contribution in [3.05, 3.63) is 29.8 Å². The Kier molecular flexibility index (Phi) is 4.16. The minimum atomic E-state index is -3.34. The minimum Gasteiger partial charge on any atom is -0.508 e. The summed E-state index contributed by atoms with van der Waals surface area (Å²) in [6, 6.07) is 5.46. The second kappa shape index (κ2) is 5.39. The van der Waals surface area contributed by atoms with Gasteiger partial charge in [-0.05, 0) is 17.7 Å². The number of hydrogen-bond donors (Lipinski definition) is 1. The number of phenolic OH excluding ortho intramolecular Hbond substituents is 1. The zero-order valence-electron chi connectivity index (χ0n) is 8.07. The minimum absolute atomic E-state index is 0.00747. The van der Waals surface area contributed by atoms with E-state index in [0.717, 1.165) is 0 Å². The summed E-state index contributed by atoms with van der Waals surface area (Å²) in [5.41, 5.74) is 0.435. The highest BCUT2D eigenvalue weighted by atomic mass is 19.3. The predicted octanol–water partition coefficient (Wildman–Crippen LogP) is 2.04. The summed E-state index contributed by atoms with van der Waals surface area (Å²) in [7, 11) is 0. The van der Waals surface area contributed by atoms with Gasteiger partial charge in [0.1, 0.15) is 5.75 Å². The van der Waals surface area contributed by atoms with Crippen molar-refractivity contribution in [2.24, 2.45) is 0 Å². The molecular formula is C10H9F3O3. The van der Waals surface area contributed by atoms with Gasteiger partial charge in [0, 0.05) is 0 Å². The summed E-state index contributed by atoms with van der Waals surface area (Å²) in [6.07, 6.45) is -6.57. The van der Waals surface area contributed by atoms with E-state index in [1.54, 1.807) is 0 Å². The lowest BCUT2D eigenvalue weighted by Gasteiger charge is -2.08. The Balaban J connectivity index is 2.48. The number of benzene rings is 1. The van der Waals surface area contributed by atoms with E-state index in [-0.39, 0.29) is 12.2 Å². The van der Waals surface area contributed by atoms with E-state index in [2.05, 4.69) is 4.74 Å². The highest BCUT2D eigenvalue weighted by Gasteiger charge is 2.23. The number of phenols is 1. The van der Waals surface area contributed by atoms with Gasteiger partial charge in [-0.2, -0.15) is 4.39 Å². The molecule has 0 aliphatic carbocycles. The molecule has 0 fully saturated rings. The number of halogens is 3. The maximum atomic E-state index is 12.3. The van der Waals surface area contributed by atoms with E-state index < -0.39 is 18.8 Å². The number of ether oxygens (including phenoxy) is 1. The quantitative estimate of drug-likeness (QED) is 0.811. The van der Waals surface area contributed by atoms with Crippen LogP contribution in [-0.2, 0) is 16.0 Å². The van der Waals surface area contributed by atoms with Gasteiger partial charge >= 0.3 is 18.8 Å². The second-order valence-corrected chi connectivity index (χ2v) is 3.02. The molecule has 1 N–H and O–H groups in total. The second-order valence-electron chi connectivity index (χ2n) is 3.02. The van der Waals surface area contributed by atoms with Gasteiger partial charge in [-0.25, -0.2) is 8.78 Å². The molecule has 3 nitrogen and oxygen atoms in total. The molecule has 0 saturated carbocycles. The van der Waals surface area contributed by atoms with Crippen LogP contribution in [0.3, 0.4) is 0 Å². The largest absolute Gasteiger partial charge is 0.508 e. The van der Waals surface area contributed by atoms with Crippen molar-refractivity contribution >= 4 is 5.97 Å². The Morgan fingerprint density at radius 3 is 2.31 bits per heavy atom. The Hall–Kier alpha value is -1.72. The number of carbonyl (C=O) groups excluding carboxylic acids is 1. The average molecular weight is 234 g/mol. The van der Waals surface area contributed by atoms with Gasteiger partial charge < -0.3 is 9.84 Å². The number of esters is 1. The fraction of sp³-hybridized carbons (Fsp3) is 0.300. The molecule has 0 aromatic heterocycles. The average Bonchev–Trinajstić information content (AvgIpc) is 2.21. The molecule has 0 aliphatic rings. The lowest BCUT2D eigenvalue weighted by molar-refractivity contribution is -0.173. The molecule has 88 valence electrons. The van der Waals surface area contributed by atoms with Crippen molar-refractivity contribution in [2.45, 2.75) is 19.2 Å². The predicted molar refractivity (Wildman–Crippen MR) is 48.8 cm³/mol. The molecule has 16 heavy (non-hydrogen) atoms. The third kappa shape index (κ3) is 3.80. The normalized spacial score (nSPS) is 12.5. The summed E-state index contributed by atoms with van der Waals surface area (Å²) in [4.78, 5) is 11.0. The van der Waals surface area contributed by atoms with Crippen molar-refractivity contribution in [3.8, 4) is 5.75 Å². The summed E-state index contributed by atoms with van der Waals surface area (Å²) < 4.78 is 39.5. The molecule has 1 rings (SSSR count). The van der Waals surface area contributed by atoms with E-state index in [9.17, 15) is 18.0 Å². The molecule has 0 aliphatic heterocycles. The Bertz CT molecular complexity index is 351.